The average molecular weight is 479 g/mol. The maximum absolute atomic E-state index is 15.2. The van der Waals surface area contributed by atoms with E-state index >= 15 is 8.78 Å². The highest BCUT2D eigenvalue weighted by atomic mass is 19.1. The van der Waals surface area contributed by atoms with Gasteiger partial charge in [0.1, 0.15) is 18.2 Å². The van der Waals surface area contributed by atoms with Crippen LogP contribution in [0.4, 0.5) is 13.2 Å². The van der Waals surface area contributed by atoms with Crippen molar-refractivity contribution in [1.82, 2.24) is 0 Å². The highest BCUT2D eigenvalue weighted by Crippen LogP contribution is 2.48. The van der Waals surface area contributed by atoms with Crippen LogP contribution in [0.5, 0.6) is 5.75 Å². The van der Waals surface area contributed by atoms with Crippen LogP contribution in [0.3, 0.4) is 0 Å². The molecule has 0 spiro atoms. The largest absolute Gasteiger partial charge is 0.486 e. The van der Waals surface area contributed by atoms with Crippen LogP contribution in [0.2, 0.25) is 0 Å². The second kappa shape index (κ2) is 10.5. The topological polar surface area (TPSA) is 9.23 Å². The van der Waals surface area contributed by atoms with Crippen LogP contribution in [0, 0.1) is 35.2 Å². The molecule has 3 aromatic carbocycles. The molecule has 4 unspecified atom stereocenters. The van der Waals surface area contributed by atoms with Gasteiger partial charge < -0.3 is 4.74 Å². The van der Waals surface area contributed by atoms with Crippen LogP contribution in [0.25, 0.3) is 11.1 Å². The highest BCUT2D eigenvalue weighted by Gasteiger charge is 2.36. The molecular formula is C31H33F3O. The normalized spacial score (nSPS) is 24.1. The Morgan fingerprint density at radius 3 is 2.20 bits per heavy atom. The fourth-order valence-corrected chi connectivity index (χ4v) is 6.27. The molecule has 0 amide bonds. The summed E-state index contributed by atoms with van der Waals surface area (Å²) in [6.45, 7) is 2.50. The first-order valence-corrected chi connectivity index (χ1v) is 13.0. The summed E-state index contributed by atoms with van der Waals surface area (Å²) in [5.41, 5.74) is 1.65. The first-order chi connectivity index (χ1) is 17.0. The summed E-state index contributed by atoms with van der Waals surface area (Å²) in [5.74, 6) is 0.634. The van der Waals surface area contributed by atoms with Gasteiger partial charge in [-0.2, -0.15) is 0 Å². The lowest BCUT2D eigenvalue weighted by atomic mass is 9.63. The van der Waals surface area contributed by atoms with E-state index in [1.54, 1.807) is 0 Å². The van der Waals surface area contributed by atoms with Crippen molar-refractivity contribution in [1.29, 1.82) is 0 Å². The Bertz CT molecular complexity index is 1140. The average Bonchev–Trinajstić information content (AvgIpc) is 2.87. The molecule has 1 nitrogen and oxygen atoms in total. The number of rotatable bonds is 6. The third-order valence-corrected chi connectivity index (χ3v) is 8.29. The molecule has 4 atom stereocenters. The molecule has 0 saturated heterocycles. The van der Waals surface area contributed by atoms with Crippen molar-refractivity contribution in [2.24, 2.45) is 17.8 Å². The lowest BCUT2D eigenvalue weighted by Gasteiger charge is -2.42. The Morgan fingerprint density at radius 1 is 0.771 bits per heavy atom. The van der Waals surface area contributed by atoms with E-state index < -0.39 is 17.5 Å². The predicted octanol–water partition coefficient (Wildman–Crippen LogP) is 9.06. The summed E-state index contributed by atoms with van der Waals surface area (Å²) in [6.07, 6.45) is 8.23. The minimum absolute atomic E-state index is 0.0598. The van der Waals surface area contributed by atoms with Crippen molar-refractivity contribution in [2.45, 2.75) is 64.4 Å². The Morgan fingerprint density at radius 2 is 1.49 bits per heavy atom. The summed E-state index contributed by atoms with van der Waals surface area (Å²) >= 11 is 0. The number of hydrogen-bond donors (Lipinski definition) is 0. The van der Waals surface area contributed by atoms with Gasteiger partial charge in [-0.25, -0.2) is 13.2 Å². The quantitative estimate of drug-likeness (QED) is 0.343. The van der Waals surface area contributed by atoms with E-state index in [-0.39, 0.29) is 29.4 Å². The Kier molecular flexibility index (Phi) is 7.17. The maximum atomic E-state index is 15.2. The third-order valence-electron chi connectivity index (χ3n) is 8.29. The van der Waals surface area contributed by atoms with Crippen LogP contribution in [0.15, 0.2) is 60.7 Å². The fourth-order valence-electron chi connectivity index (χ4n) is 6.27. The monoisotopic (exact) mass is 478 g/mol. The number of benzene rings is 3. The second-order valence-electron chi connectivity index (χ2n) is 10.4. The predicted molar refractivity (Wildman–Crippen MR) is 134 cm³/mol. The second-order valence-corrected chi connectivity index (χ2v) is 10.4. The van der Waals surface area contributed by atoms with Crippen LogP contribution in [0.1, 0.15) is 68.9 Å². The van der Waals surface area contributed by atoms with Crippen LogP contribution in [-0.4, -0.2) is 0 Å². The van der Waals surface area contributed by atoms with Crippen LogP contribution < -0.4 is 4.74 Å². The summed E-state index contributed by atoms with van der Waals surface area (Å²) < 4.78 is 50.7. The SMILES string of the molecule is CCC1CCC2CC(c3cc(F)c(-c4ccc(OCc5ccccc5)c(F)c4)c(F)c3)CCC2C1. The number of ether oxygens (including phenoxy) is 1. The molecule has 2 saturated carbocycles. The minimum Gasteiger partial charge on any atom is -0.486 e. The van der Waals surface area contributed by atoms with Crippen molar-refractivity contribution in [3.8, 4) is 16.9 Å². The van der Waals surface area contributed by atoms with Crippen molar-refractivity contribution < 1.29 is 17.9 Å². The third kappa shape index (κ3) is 5.27. The standard InChI is InChI=1S/C31H33F3O/c1-2-20-8-9-23-15-24(11-10-22(23)14-20)26-17-28(33)31(29(34)18-26)25-12-13-30(27(32)16-25)35-19-21-6-4-3-5-7-21/h3-7,12-13,16-18,20,22-24H,2,8-11,14-15,19H2,1H3. The van der Waals surface area contributed by atoms with Crippen LogP contribution >= 0.6 is 0 Å². The zero-order valence-corrected chi connectivity index (χ0v) is 20.3. The molecule has 0 aromatic heterocycles. The summed E-state index contributed by atoms with van der Waals surface area (Å²) in [4.78, 5) is 0. The summed E-state index contributed by atoms with van der Waals surface area (Å²) in [6, 6.07) is 16.5. The van der Waals surface area contributed by atoms with E-state index in [9.17, 15) is 4.39 Å². The van der Waals surface area contributed by atoms with Gasteiger partial charge in [0.2, 0.25) is 0 Å². The lowest BCUT2D eigenvalue weighted by Crippen LogP contribution is -2.30. The van der Waals surface area contributed by atoms with Gasteiger partial charge in [0.15, 0.2) is 11.6 Å². The molecule has 5 rings (SSSR count). The van der Waals surface area contributed by atoms with E-state index in [1.807, 2.05) is 30.3 Å². The first kappa shape index (κ1) is 24.0. The van der Waals surface area contributed by atoms with Gasteiger partial charge in [-0.3, -0.25) is 0 Å². The van der Waals surface area contributed by atoms with E-state index in [1.165, 1.54) is 49.9 Å². The van der Waals surface area contributed by atoms with Crippen LogP contribution in [-0.2, 0) is 6.61 Å². The molecule has 4 heteroatoms. The molecule has 2 aliphatic rings. The van der Waals surface area contributed by atoms with Crippen molar-refractivity contribution >= 4 is 0 Å². The minimum atomic E-state index is -0.637. The van der Waals surface area contributed by atoms with Gasteiger partial charge in [0.05, 0.1) is 5.56 Å². The molecule has 35 heavy (non-hydrogen) atoms. The van der Waals surface area contributed by atoms with Gasteiger partial charge in [-0.15, -0.1) is 0 Å². The first-order valence-electron chi connectivity index (χ1n) is 13.0. The zero-order chi connectivity index (χ0) is 24.4. The number of hydrogen-bond acceptors (Lipinski definition) is 1. The van der Waals surface area contributed by atoms with Crippen molar-refractivity contribution in [2.75, 3.05) is 0 Å². The number of fused-ring (bicyclic) bond motifs is 1. The maximum Gasteiger partial charge on any atom is 0.165 e. The fraction of sp³-hybridized carbons (Fsp3) is 0.419. The van der Waals surface area contributed by atoms with Gasteiger partial charge >= 0.3 is 0 Å². The number of halogens is 3. The molecule has 0 aliphatic heterocycles. The van der Waals surface area contributed by atoms with E-state index in [2.05, 4.69) is 6.92 Å². The zero-order valence-electron chi connectivity index (χ0n) is 20.3. The molecule has 2 aliphatic carbocycles. The van der Waals surface area contributed by atoms with Gasteiger partial charge in [0.25, 0.3) is 0 Å². The molecular weight excluding hydrogens is 445 g/mol. The van der Waals surface area contributed by atoms with Crippen molar-refractivity contribution in [3.05, 3.63) is 89.2 Å². The van der Waals surface area contributed by atoms with E-state index in [4.69, 9.17) is 4.74 Å². The molecule has 0 bridgehead atoms. The molecule has 0 radical (unpaired) electrons. The molecule has 184 valence electrons. The van der Waals surface area contributed by atoms with Gasteiger partial charge in [-0.1, -0.05) is 56.2 Å². The molecule has 0 N–H and O–H groups in total. The lowest BCUT2D eigenvalue weighted by molar-refractivity contribution is 0.116. The Labute approximate surface area is 206 Å². The van der Waals surface area contributed by atoms with Crippen molar-refractivity contribution in [3.63, 3.8) is 0 Å². The molecule has 0 heterocycles. The van der Waals surface area contributed by atoms with E-state index in [0.29, 0.717) is 5.92 Å². The smallest absolute Gasteiger partial charge is 0.165 e. The summed E-state index contributed by atoms with van der Waals surface area (Å²) in [5, 5.41) is 0. The molecule has 3 aromatic rings. The van der Waals surface area contributed by atoms with Gasteiger partial charge in [0, 0.05) is 0 Å². The Hall–Kier alpha value is -2.75. The van der Waals surface area contributed by atoms with Gasteiger partial charge in [-0.05, 0) is 96.7 Å². The van der Waals surface area contributed by atoms with E-state index in [0.717, 1.165) is 48.3 Å². The Balaban J connectivity index is 1.30. The highest BCUT2D eigenvalue weighted by molar-refractivity contribution is 5.66. The summed E-state index contributed by atoms with van der Waals surface area (Å²) in [7, 11) is 0. The molecule has 2 fully saturated rings.